The standard InChI is InChI=1S/C60H48N2O4S2Si/c1-63-49-31-23-45(24-32-49)61(46-25-33-50(64-2)34-26-46)43-19-15-41(16-20-43)55-39-57-59(67-55)60-58(69(57,53-11-7-5-8-12-53)54-13-9-6-10-14-54)40-56(68-60)42-17-21-44(22-18-42)62(47-27-35-51(65-3)36-28-47)48-29-37-52(66-4)38-30-48/h5-40H,1-4H3. The summed E-state index contributed by atoms with van der Waals surface area (Å²) in [4.78, 5) is 9.80. The Hall–Kier alpha value is -7.82. The van der Waals surface area contributed by atoms with Gasteiger partial charge in [0, 0.05) is 53.6 Å². The zero-order valence-electron chi connectivity index (χ0n) is 38.6. The lowest BCUT2D eigenvalue weighted by Gasteiger charge is -2.30. The molecular weight excluding hydrogens is 905 g/mol. The molecule has 0 N–H and O–H groups in total. The van der Waals surface area contributed by atoms with Gasteiger partial charge in [0.25, 0.3) is 0 Å². The highest BCUT2D eigenvalue weighted by molar-refractivity contribution is 7.35. The van der Waals surface area contributed by atoms with E-state index in [0.717, 1.165) is 57.1 Å². The molecular formula is C60H48N2O4S2Si. The van der Waals surface area contributed by atoms with Crippen LogP contribution in [0, 0.1) is 0 Å². The number of anilines is 6. The molecule has 10 aromatic rings. The summed E-state index contributed by atoms with van der Waals surface area (Å²) < 4.78 is 22.0. The van der Waals surface area contributed by atoms with Gasteiger partial charge in [-0.3, -0.25) is 0 Å². The third-order valence-electron chi connectivity index (χ3n) is 13.0. The molecule has 1 aliphatic rings. The van der Waals surface area contributed by atoms with Crippen LogP contribution in [0.3, 0.4) is 0 Å². The molecule has 1 aliphatic heterocycles. The summed E-state index contributed by atoms with van der Waals surface area (Å²) >= 11 is 3.84. The topological polar surface area (TPSA) is 43.4 Å². The van der Waals surface area contributed by atoms with Gasteiger partial charge < -0.3 is 28.7 Å². The second kappa shape index (κ2) is 18.7. The summed E-state index contributed by atoms with van der Waals surface area (Å²) in [5.74, 6) is 3.27. The van der Waals surface area contributed by atoms with Crippen molar-refractivity contribution in [3.63, 3.8) is 0 Å². The van der Waals surface area contributed by atoms with E-state index < -0.39 is 8.07 Å². The normalized spacial score (nSPS) is 12.2. The highest BCUT2D eigenvalue weighted by Gasteiger charge is 2.51. The maximum atomic E-state index is 5.51. The number of benzene rings is 8. The molecule has 0 saturated carbocycles. The van der Waals surface area contributed by atoms with E-state index in [1.54, 1.807) is 28.4 Å². The van der Waals surface area contributed by atoms with E-state index >= 15 is 0 Å². The summed E-state index contributed by atoms with van der Waals surface area (Å²) in [6, 6.07) is 78.4. The maximum Gasteiger partial charge on any atom is 0.182 e. The number of methoxy groups -OCH3 is 4. The smallest absolute Gasteiger partial charge is 0.182 e. The van der Waals surface area contributed by atoms with Crippen LogP contribution < -0.4 is 49.5 Å². The SMILES string of the molecule is COc1ccc(N(c2ccc(OC)cc2)c2ccc(-c3cc4c(s3)-c3sc(-c5ccc(N(c6ccc(OC)cc6)c6ccc(OC)cc6)cc5)cc3[Si]4(c3ccccc3)c3ccccc3)cc2)cc1. The highest BCUT2D eigenvalue weighted by atomic mass is 32.1. The average molecular weight is 953 g/mol. The minimum absolute atomic E-state index is 0.817. The molecule has 0 atom stereocenters. The molecule has 0 spiro atoms. The summed E-state index contributed by atoms with van der Waals surface area (Å²) in [7, 11) is 4.03. The van der Waals surface area contributed by atoms with Crippen LogP contribution >= 0.6 is 22.7 Å². The molecule has 0 amide bonds. The summed E-state index contributed by atoms with van der Waals surface area (Å²) in [6.07, 6.45) is 0. The monoisotopic (exact) mass is 952 g/mol. The third kappa shape index (κ3) is 7.94. The van der Waals surface area contributed by atoms with E-state index in [0.29, 0.717) is 0 Å². The van der Waals surface area contributed by atoms with Crippen molar-refractivity contribution in [1.29, 1.82) is 0 Å². The fraction of sp³-hybridized carbons (Fsp3) is 0.0667. The number of thiophene rings is 2. The van der Waals surface area contributed by atoms with Crippen molar-refractivity contribution >= 4 is 85.6 Å². The number of hydrogen-bond donors (Lipinski definition) is 0. The molecule has 2 aromatic heterocycles. The molecule has 3 heterocycles. The number of fused-ring (bicyclic) bond motifs is 3. The molecule has 0 radical (unpaired) electrons. The molecule has 0 fully saturated rings. The van der Waals surface area contributed by atoms with Gasteiger partial charge in [0.15, 0.2) is 8.07 Å². The van der Waals surface area contributed by atoms with Crippen LogP contribution in [0.1, 0.15) is 0 Å². The minimum atomic E-state index is -2.75. The lowest BCUT2D eigenvalue weighted by Crippen LogP contribution is -2.72. The molecule has 6 nitrogen and oxygen atoms in total. The first-order valence-electron chi connectivity index (χ1n) is 22.8. The number of rotatable bonds is 14. The first kappa shape index (κ1) is 43.7. The second-order valence-electron chi connectivity index (χ2n) is 16.7. The fourth-order valence-electron chi connectivity index (χ4n) is 9.64. The van der Waals surface area contributed by atoms with Crippen LogP contribution in [0.4, 0.5) is 34.1 Å². The second-order valence-corrected chi connectivity index (χ2v) is 22.6. The van der Waals surface area contributed by atoms with Crippen molar-refractivity contribution in [2.75, 3.05) is 38.2 Å². The Balaban J connectivity index is 1.00. The Morgan fingerprint density at radius 2 is 0.580 bits per heavy atom. The molecule has 0 bridgehead atoms. The van der Waals surface area contributed by atoms with Crippen molar-refractivity contribution in [1.82, 2.24) is 0 Å². The van der Waals surface area contributed by atoms with E-state index in [4.69, 9.17) is 18.9 Å². The van der Waals surface area contributed by atoms with Gasteiger partial charge in [-0.05, 0) is 165 Å². The largest absolute Gasteiger partial charge is 0.497 e. The van der Waals surface area contributed by atoms with Gasteiger partial charge in [-0.25, -0.2) is 0 Å². The van der Waals surface area contributed by atoms with Crippen LogP contribution in [0.5, 0.6) is 23.0 Å². The fourth-order valence-corrected chi connectivity index (χ4v) is 18.5. The minimum Gasteiger partial charge on any atom is -0.497 e. The summed E-state index contributed by atoms with van der Waals surface area (Å²) in [5, 5.41) is 5.69. The van der Waals surface area contributed by atoms with Gasteiger partial charge in [-0.2, -0.15) is 0 Å². The molecule has 0 saturated heterocycles. The van der Waals surface area contributed by atoms with Gasteiger partial charge in [0.05, 0.1) is 28.4 Å². The van der Waals surface area contributed by atoms with Crippen molar-refractivity contribution in [2.24, 2.45) is 0 Å². The third-order valence-corrected chi connectivity index (χ3v) is 20.7. The van der Waals surface area contributed by atoms with Gasteiger partial charge in [0.2, 0.25) is 0 Å². The van der Waals surface area contributed by atoms with Gasteiger partial charge in [0.1, 0.15) is 23.0 Å². The van der Waals surface area contributed by atoms with Gasteiger partial charge in [-0.1, -0.05) is 84.9 Å². The van der Waals surface area contributed by atoms with E-state index in [9.17, 15) is 0 Å². The lowest BCUT2D eigenvalue weighted by molar-refractivity contribution is 0.414. The molecule has 11 rings (SSSR count). The Morgan fingerprint density at radius 1 is 0.319 bits per heavy atom. The van der Waals surface area contributed by atoms with E-state index in [-0.39, 0.29) is 0 Å². The van der Waals surface area contributed by atoms with Gasteiger partial charge in [-0.15, -0.1) is 22.7 Å². The number of hydrogen-bond acceptors (Lipinski definition) is 8. The quantitative estimate of drug-likeness (QED) is 0.101. The van der Waals surface area contributed by atoms with E-state index in [1.165, 1.54) is 51.4 Å². The average Bonchev–Trinajstić information content (AvgIpc) is 4.13. The van der Waals surface area contributed by atoms with Crippen LogP contribution in [-0.2, 0) is 0 Å². The molecule has 0 aliphatic carbocycles. The van der Waals surface area contributed by atoms with Crippen molar-refractivity contribution in [3.8, 4) is 53.6 Å². The Labute approximate surface area is 412 Å². The molecule has 9 heteroatoms. The summed E-state index contributed by atoms with van der Waals surface area (Å²) in [5.41, 5.74) is 8.64. The first-order chi connectivity index (χ1) is 34.0. The van der Waals surface area contributed by atoms with E-state index in [2.05, 4.69) is 180 Å². The molecule has 8 aromatic carbocycles. The van der Waals surface area contributed by atoms with Crippen LogP contribution in [0.25, 0.3) is 30.6 Å². The van der Waals surface area contributed by atoms with Crippen molar-refractivity contribution < 1.29 is 18.9 Å². The lowest BCUT2D eigenvalue weighted by atomic mass is 10.1. The predicted molar refractivity (Wildman–Crippen MR) is 291 cm³/mol. The van der Waals surface area contributed by atoms with Crippen molar-refractivity contribution in [3.05, 3.63) is 218 Å². The van der Waals surface area contributed by atoms with E-state index in [1.807, 2.05) is 71.2 Å². The Bertz CT molecular complexity index is 3020. The van der Waals surface area contributed by atoms with Gasteiger partial charge >= 0.3 is 0 Å². The highest BCUT2D eigenvalue weighted by Crippen LogP contribution is 2.46. The summed E-state index contributed by atoms with van der Waals surface area (Å²) in [6.45, 7) is 0. The predicted octanol–water partition coefficient (Wildman–Crippen LogP) is 13.5. The molecule has 338 valence electrons. The van der Waals surface area contributed by atoms with Crippen LogP contribution in [0.2, 0.25) is 0 Å². The number of nitrogens with zero attached hydrogens (tertiary/aromatic N) is 2. The van der Waals surface area contributed by atoms with Crippen LogP contribution in [0.15, 0.2) is 218 Å². The van der Waals surface area contributed by atoms with Crippen molar-refractivity contribution in [2.45, 2.75) is 0 Å². The molecule has 69 heavy (non-hydrogen) atoms. The maximum absolute atomic E-state index is 5.51. The zero-order valence-corrected chi connectivity index (χ0v) is 41.3. The zero-order chi connectivity index (χ0) is 46.9. The first-order valence-corrected chi connectivity index (χ1v) is 26.4. The number of ether oxygens (including phenoxy) is 4. The Kier molecular flexibility index (Phi) is 11.8. The Morgan fingerprint density at radius 3 is 0.841 bits per heavy atom. The molecule has 0 unspecified atom stereocenters. The van der Waals surface area contributed by atoms with Crippen LogP contribution in [-0.4, -0.2) is 36.5 Å².